The van der Waals surface area contributed by atoms with Crippen LogP contribution in [0.4, 0.5) is 11.4 Å². The normalized spacial score (nSPS) is 13.7. The van der Waals surface area contributed by atoms with Crippen LogP contribution in [0, 0.1) is 0 Å². The average molecular weight is 803 g/mol. The second kappa shape index (κ2) is 12.1. The van der Waals surface area contributed by atoms with Gasteiger partial charge in [-0.25, -0.2) is 0 Å². The van der Waals surface area contributed by atoms with Crippen LogP contribution < -0.4 is 15.7 Å². The Balaban J connectivity index is 1.23. The van der Waals surface area contributed by atoms with Crippen molar-refractivity contribution in [3.63, 3.8) is 0 Å². The van der Waals surface area contributed by atoms with Gasteiger partial charge in [0.15, 0.2) is 0 Å². The minimum absolute atomic E-state index is 0.00791. The van der Waals surface area contributed by atoms with E-state index in [1.807, 2.05) is 11.3 Å². The standard InChI is InChI=1S/C56H43BN2OS/c1-55(2,3)34-22-25-46-39(26-34)43-27-35(56(4,5)6)28-45-52(43)58(46)53-51-42(30-44-38-17-11-13-19-50(38)61-54(44)53)40-29-41-37-16-10-12-18-48(37)60-49(41)31-47(40)59(57(45)51)36-23-20-33(21-24-36)32-14-8-7-9-15-32/h7-31H,1-6H3. The molecule has 0 saturated carbocycles. The van der Waals surface area contributed by atoms with Gasteiger partial charge in [0.25, 0.3) is 0 Å². The van der Waals surface area contributed by atoms with E-state index in [4.69, 9.17) is 4.42 Å². The highest BCUT2D eigenvalue weighted by molar-refractivity contribution is 7.26. The lowest BCUT2D eigenvalue weighted by Crippen LogP contribution is -2.60. The molecule has 0 atom stereocenters. The first-order chi connectivity index (χ1) is 29.5. The Morgan fingerprint density at radius 3 is 2.00 bits per heavy atom. The minimum atomic E-state index is -0.111. The topological polar surface area (TPSA) is 21.3 Å². The lowest BCUT2D eigenvalue weighted by atomic mass is 9.43. The van der Waals surface area contributed by atoms with Crippen molar-refractivity contribution < 1.29 is 4.42 Å². The molecule has 2 aliphatic rings. The van der Waals surface area contributed by atoms with E-state index in [0.29, 0.717) is 0 Å². The molecule has 61 heavy (non-hydrogen) atoms. The van der Waals surface area contributed by atoms with Crippen molar-refractivity contribution in [2.24, 2.45) is 0 Å². The molecule has 0 aliphatic carbocycles. The third-order valence-electron chi connectivity index (χ3n) is 13.7. The molecule has 3 aromatic heterocycles. The number of benzene rings is 8. The molecule has 0 N–H and O–H groups in total. The lowest BCUT2D eigenvalue weighted by molar-refractivity contribution is 0.590. The van der Waals surface area contributed by atoms with E-state index in [2.05, 4.69) is 203 Å². The van der Waals surface area contributed by atoms with Gasteiger partial charge in [-0.1, -0.05) is 133 Å². The SMILES string of the molecule is CC(C)(C)c1ccc2c(c1)c1cc(C(C)(C)C)cc3c1n2-c1c2c(cc4c1sc1ccccc14)-c1cc4c(cc1N(c1ccc(-c5ccccc5)cc1)B23)oc1ccccc14. The maximum atomic E-state index is 6.72. The Kier molecular flexibility index (Phi) is 6.96. The molecule has 5 heterocycles. The van der Waals surface area contributed by atoms with E-state index in [-0.39, 0.29) is 17.7 Å². The molecule has 0 spiro atoms. The van der Waals surface area contributed by atoms with Crippen LogP contribution in [0.15, 0.2) is 156 Å². The molecular formula is C56H43BN2OS. The maximum absolute atomic E-state index is 6.72. The van der Waals surface area contributed by atoms with E-state index in [1.165, 1.54) is 92.0 Å². The van der Waals surface area contributed by atoms with Gasteiger partial charge in [-0.05, 0) is 104 Å². The number of furan rings is 1. The van der Waals surface area contributed by atoms with Gasteiger partial charge in [0.1, 0.15) is 11.2 Å². The summed E-state index contributed by atoms with van der Waals surface area (Å²) in [5.74, 6) is 0. The van der Waals surface area contributed by atoms with E-state index in [9.17, 15) is 0 Å². The van der Waals surface area contributed by atoms with E-state index < -0.39 is 0 Å². The van der Waals surface area contributed by atoms with Crippen LogP contribution in [-0.2, 0) is 10.8 Å². The fraction of sp³-hybridized carbons (Fsp3) is 0.143. The predicted molar refractivity (Wildman–Crippen MR) is 263 cm³/mol. The molecule has 0 unspecified atom stereocenters. The zero-order valence-corrected chi connectivity index (χ0v) is 36.0. The summed E-state index contributed by atoms with van der Waals surface area (Å²) in [6.07, 6.45) is 0. The van der Waals surface area contributed by atoms with Crippen molar-refractivity contribution in [2.45, 2.75) is 52.4 Å². The molecule has 0 radical (unpaired) electrons. The summed E-state index contributed by atoms with van der Waals surface area (Å²) >= 11 is 1.94. The van der Waals surface area contributed by atoms with Gasteiger partial charge in [-0.15, -0.1) is 11.3 Å². The highest BCUT2D eigenvalue weighted by atomic mass is 32.1. The molecule has 5 heteroatoms. The number of rotatable bonds is 2. The average Bonchev–Trinajstić information content (AvgIpc) is 3.93. The van der Waals surface area contributed by atoms with E-state index in [1.54, 1.807) is 0 Å². The third kappa shape index (κ3) is 4.87. The van der Waals surface area contributed by atoms with Crippen molar-refractivity contribution in [2.75, 3.05) is 4.81 Å². The van der Waals surface area contributed by atoms with Crippen LogP contribution in [-0.4, -0.2) is 11.4 Å². The molecule has 2 aliphatic heterocycles. The van der Waals surface area contributed by atoms with Crippen LogP contribution >= 0.6 is 11.3 Å². The van der Waals surface area contributed by atoms with Gasteiger partial charge in [-0.3, -0.25) is 0 Å². The molecule has 0 bridgehead atoms. The number of anilines is 2. The van der Waals surface area contributed by atoms with Gasteiger partial charge < -0.3 is 13.8 Å². The summed E-state index contributed by atoms with van der Waals surface area (Å²) in [7, 11) is 0. The number of para-hydroxylation sites is 1. The number of hydrogen-bond donors (Lipinski definition) is 0. The van der Waals surface area contributed by atoms with Gasteiger partial charge in [-0.2, -0.15) is 0 Å². The van der Waals surface area contributed by atoms with Gasteiger partial charge in [0.05, 0.1) is 21.4 Å². The fourth-order valence-electron chi connectivity index (χ4n) is 10.6. The van der Waals surface area contributed by atoms with Crippen molar-refractivity contribution in [1.82, 2.24) is 4.57 Å². The Bertz CT molecular complexity index is 3670. The molecule has 0 amide bonds. The van der Waals surface area contributed by atoms with Crippen LogP contribution in [0.2, 0.25) is 0 Å². The summed E-state index contributed by atoms with van der Waals surface area (Å²) in [6, 6.07) is 57.1. The van der Waals surface area contributed by atoms with E-state index >= 15 is 0 Å². The molecule has 3 nitrogen and oxygen atoms in total. The zero-order chi connectivity index (χ0) is 41.1. The predicted octanol–water partition coefficient (Wildman–Crippen LogP) is 14.6. The molecule has 11 aromatic rings. The van der Waals surface area contributed by atoms with Gasteiger partial charge in [0.2, 0.25) is 0 Å². The Morgan fingerprint density at radius 2 is 1.21 bits per heavy atom. The summed E-state index contributed by atoms with van der Waals surface area (Å²) in [5, 5.41) is 7.56. The number of nitrogens with zero attached hydrogens (tertiary/aromatic N) is 2. The van der Waals surface area contributed by atoms with Gasteiger partial charge in [0, 0.05) is 60.0 Å². The number of thiophene rings is 1. The van der Waals surface area contributed by atoms with Crippen molar-refractivity contribution in [3.8, 4) is 27.9 Å². The quantitative estimate of drug-likeness (QED) is 0.162. The van der Waals surface area contributed by atoms with E-state index in [0.717, 1.165) is 33.3 Å². The monoisotopic (exact) mass is 802 g/mol. The zero-order valence-electron chi connectivity index (χ0n) is 35.2. The summed E-state index contributed by atoms with van der Waals surface area (Å²) in [4.78, 5) is 2.64. The number of aromatic nitrogens is 1. The molecule has 13 rings (SSSR count). The van der Waals surface area contributed by atoms with Crippen molar-refractivity contribution >= 4 is 104 Å². The first-order valence-electron chi connectivity index (χ1n) is 21.5. The highest BCUT2D eigenvalue weighted by Gasteiger charge is 2.46. The summed E-state index contributed by atoms with van der Waals surface area (Å²) in [6.45, 7) is 14.0. The minimum Gasteiger partial charge on any atom is -0.456 e. The molecular weight excluding hydrogens is 760 g/mol. The Labute approximate surface area is 359 Å². The lowest BCUT2D eigenvalue weighted by Gasteiger charge is -2.42. The Morgan fingerprint density at radius 1 is 0.525 bits per heavy atom. The molecule has 0 saturated heterocycles. The maximum Gasteiger partial charge on any atom is 0.333 e. The number of fused-ring (bicyclic) bond motifs is 14. The van der Waals surface area contributed by atoms with Crippen molar-refractivity contribution in [1.29, 1.82) is 0 Å². The van der Waals surface area contributed by atoms with Crippen LogP contribution in [0.25, 0.3) is 91.9 Å². The highest BCUT2D eigenvalue weighted by Crippen LogP contribution is 2.51. The Hall–Kier alpha value is -6.56. The molecule has 292 valence electrons. The second-order valence-electron chi connectivity index (χ2n) is 19.3. The third-order valence-corrected chi connectivity index (χ3v) is 14.8. The molecule has 0 fully saturated rings. The number of hydrogen-bond acceptors (Lipinski definition) is 3. The van der Waals surface area contributed by atoms with Crippen LogP contribution in [0.1, 0.15) is 52.7 Å². The largest absolute Gasteiger partial charge is 0.456 e. The van der Waals surface area contributed by atoms with Gasteiger partial charge >= 0.3 is 6.85 Å². The van der Waals surface area contributed by atoms with Crippen LogP contribution in [0.5, 0.6) is 0 Å². The first kappa shape index (κ1) is 35.2. The smallest absolute Gasteiger partial charge is 0.333 e. The second-order valence-corrected chi connectivity index (χ2v) is 20.4. The summed E-state index contributed by atoms with van der Waals surface area (Å²) < 4.78 is 12.0. The first-order valence-corrected chi connectivity index (χ1v) is 22.3. The van der Waals surface area contributed by atoms with Crippen LogP contribution in [0.3, 0.4) is 0 Å². The van der Waals surface area contributed by atoms with Crippen molar-refractivity contribution in [3.05, 3.63) is 163 Å². The fourth-order valence-corrected chi connectivity index (χ4v) is 11.8. The summed E-state index contributed by atoms with van der Waals surface area (Å²) in [5.41, 5.74) is 18.3. The molecule has 8 aromatic carbocycles.